The normalized spacial score (nSPS) is 11.7. The van der Waals surface area contributed by atoms with Crippen LogP contribution in [0, 0.1) is 17.0 Å². The lowest BCUT2D eigenvalue weighted by atomic mass is 10.1. The summed E-state index contributed by atoms with van der Waals surface area (Å²) >= 11 is 0. The minimum atomic E-state index is -0.928. The quantitative estimate of drug-likeness (QED) is 0.574. The fourth-order valence-corrected chi connectivity index (χ4v) is 2.12. The number of nitro benzene ring substituents is 1. The van der Waals surface area contributed by atoms with E-state index in [2.05, 4.69) is 0 Å². The number of para-hydroxylation sites is 1. The van der Waals surface area contributed by atoms with Gasteiger partial charge in [-0.3, -0.25) is 10.1 Å². The average molecular weight is 366 g/mol. The SMILES string of the molecule is Cc1cccc(CN(C(=O)OC(C)(C)C)C(=O)OC(C)(C)C)c1[N+](=O)[O-]. The van der Waals surface area contributed by atoms with Crippen molar-refractivity contribution < 1.29 is 24.0 Å². The molecule has 26 heavy (non-hydrogen) atoms. The Morgan fingerprint density at radius 2 is 1.50 bits per heavy atom. The summed E-state index contributed by atoms with van der Waals surface area (Å²) in [5.74, 6) is 0. The summed E-state index contributed by atoms with van der Waals surface area (Å²) in [4.78, 5) is 36.6. The van der Waals surface area contributed by atoms with Crippen LogP contribution in [-0.4, -0.2) is 33.2 Å². The Balaban J connectivity index is 3.26. The summed E-state index contributed by atoms with van der Waals surface area (Å²) in [6.07, 6.45) is -1.86. The molecule has 8 heteroatoms. The van der Waals surface area contributed by atoms with Crippen molar-refractivity contribution in [3.63, 3.8) is 0 Å². The number of imide groups is 1. The lowest BCUT2D eigenvalue weighted by molar-refractivity contribution is -0.386. The molecule has 1 rings (SSSR count). The number of benzene rings is 1. The molecule has 0 aromatic heterocycles. The van der Waals surface area contributed by atoms with Gasteiger partial charge in [-0.25, -0.2) is 14.5 Å². The van der Waals surface area contributed by atoms with Gasteiger partial charge in [0.1, 0.15) is 11.2 Å². The summed E-state index contributed by atoms with van der Waals surface area (Å²) in [6.45, 7) is 11.2. The topological polar surface area (TPSA) is 99.0 Å². The van der Waals surface area contributed by atoms with E-state index in [0.29, 0.717) is 5.56 Å². The van der Waals surface area contributed by atoms with Gasteiger partial charge in [0.2, 0.25) is 0 Å². The number of ether oxygens (including phenoxy) is 2. The molecular weight excluding hydrogens is 340 g/mol. The standard InChI is InChI=1S/C18H26N2O6/c1-12-9-8-10-13(14(12)20(23)24)11-19(15(21)25-17(2,3)4)16(22)26-18(5,6)7/h8-10H,11H2,1-7H3. The van der Waals surface area contributed by atoms with E-state index in [1.807, 2.05) is 0 Å². The minimum Gasteiger partial charge on any atom is -0.443 e. The Hall–Kier alpha value is -2.64. The van der Waals surface area contributed by atoms with Gasteiger partial charge in [0.25, 0.3) is 5.69 Å². The molecule has 0 unspecified atom stereocenters. The van der Waals surface area contributed by atoms with E-state index in [-0.39, 0.29) is 17.8 Å². The second-order valence-electron chi connectivity index (χ2n) is 7.89. The van der Waals surface area contributed by atoms with Gasteiger partial charge in [-0.1, -0.05) is 18.2 Å². The molecule has 0 radical (unpaired) electrons. The first-order chi connectivity index (χ1) is 11.7. The van der Waals surface area contributed by atoms with Crippen molar-refractivity contribution in [1.29, 1.82) is 0 Å². The van der Waals surface area contributed by atoms with Crippen LogP contribution in [0.1, 0.15) is 52.7 Å². The van der Waals surface area contributed by atoms with Crippen molar-refractivity contribution >= 4 is 17.9 Å². The molecule has 0 saturated carbocycles. The number of nitro groups is 1. The smallest absolute Gasteiger partial charge is 0.420 e. The largest absolute Gasteiger partial charge is 0.443 e. The van der Waals surface area contributed by atoms with Crippen molar-refractivity contribution in [2.45, 2.75) is 66.2 Å². The first kappa shape index (κ1) is 21.4. The monoisotopic (exact) mass is 366 g/mol. The molecule has 0 aliphatic heterocycles. The fraction of sp³-hybridized carbons (Fsp3) is 0.556. The molecule has 0 bridgehead atoms. The lowest BCUT2D eigenvalue weighted by Gasteiger charge is -2.28. The maximum absolute atomic E-state index is 12.5. The van der Waals surface area contributed by atoms with Gasteiger partial charge in [-0.2, -0.15) is 0 Å². The predicted molar refractivity (Wildman–Crippen MR) is 95.8 cm³/mol. The van der Waals surface area contributed by atoms with Crippen LogP contribution in [0.5, 0.6) is 0 Å². The van der Waals surface area contributed by atoms with E-state index in [1.54, 1.807) is 60.6 Å². The van der Waals surface area contributed by atoms with Crippen LogP contribution in [-0.2, 0) is 16.0 Å². The maximum atomic E-state index is 12.5. The van der Waals surface area contributed by atoms with E-state index < -0.39 is 28.3 Å². The molecule has 1 aromatic carbocycles. The molecule has 0 saturated heterocycles. The average Bonchev–Trinajstić information content (AvgIpc) is 2.40. The third kappa shape index (κ3) is 6.34. The van der Waals surface area contributed by atoms with E-state index in [0.717, 1.165) is 4.90 Å². The van der Waals surface area contributed by atoms with Crippen LogP contribution in [0.2, 0.25) is 0 Å². The molecule has 144 valence electrons. The number of hydrogen-bond donors (Lipinski definition) is 0. The molecule has 0 aliphatic carbocycles. The van der Waals surface area contributed by atoms with Gasteiger partial charge in [0, 0.05) is 5.56 Å². The summed E-state index contributed by atoms with van der Waals surface area (Å²) in [6, 6.07) is 4.71. The van der Waals surface area contributed by atoms with Crippen molar-refractivity contribution in [3.05, 3.63) is 39.4 Å². The van der Waals surface area contributed by atoms with Crippen LogP contribution in [0.3, 0.4) is 0 Å². The molecular formula is C18H26N2O6. The minimum absolute atomic E-state index is 0.149. The highest BCUT2D eigenvalue weighted by molar-refractivity contribution is 5.88. The number of carbonyl (C=O) groups excluding carboxylic acids is 2. The van der Waals surface area contributed by atoms with Crippen LogP contribution >= 0.6 is 0 Å². The fourth-order valence-electron chi connectivity index (χ4n) is 2.12. The maximum Gasteiger partial charge on any atom is 0.420 e. The first-order valence-corrected chi connectivity index (χ1v) is 8.17. The Morgan fingerprint density at radius 1 is 1.04 bits per heavy atom. The summed E-state index contributed by atoms with van der Waals surface area (Å²) in [5, 5.41) is 11.4. The third-order valence-electron chi connectivity index (χ3n) is 3.06. The molecule has 0 N–H and O–H groups in total. The van der Waals surface area contributed by atoms with Crippen molar-refractivity contribution in [2.75, 3.05) is 0 Å². The lowest BCUT2D eigenvalue weighted by Crippen LogP contribution is -2.43. The number of carbonyl (C=O) groups is 2. The van der Waals surface area contributed by atoms with Gasteiger partial charge in [0.05, 0.1) is 17.0 Å². The zero-order valence-corrected chi connectivity index (χ0v) is 16.3. The van der Waals surface area contributed by atoms with E-state index in [9.17, 15) is 19.7 Å². The van der Waals surface area contributed by atoms with Gasteiger partial charge >= 0.3 is 12.2 Å². The van der Waals surface area contributed by atoms with Gasteiger partial charge in [-0.15, -0.1) is 0 Å². The second-order valence-corrected chi connectivity index (χ2v) is 7.89. The number of nitrogens with zero attached hydrogens (tertiary/aromatic N) is 2. The highest BCUT2D eigenvalue weighted by Gasteiger charge is 2.33. The van der Waals surface area contributed by atoms with E-state index in [4.69, 9.17) is 9.47 Å². The number of rotatable bonds is 3. The van der Waals surface area contributed by atoms with Crippen LogP contribution in [0.15, 0.2) is 18.2 Å². The molecule has 0 spiro atoms. The van der Waals surface area contributed by atoms with Crippen LogP contribution in [0.25, 0.3) is 0 Å². The molecule has 0 aliphatic rings. The molecule has 1 aromatic rings. The van der Waals surface area contributed by atoms with Crippen LogP contribution < -0.4 is 0 Å². The van der Waals surface area contributed by atoms with Crippen LogP contribution in [0.4, 0.5) is 15.3 Å². The highest BCUT2D eigenvalue weighted by atomic mass is 16.6. The third-order valence-corrected chi connectivity index (χ3v) is 3.06. The summed E-state index contributed by atoms with van der Waals surface area (Å²) in [7, 11) is 0. The van der Waals surface area contributed by atoms with Crippen molar-refractivity contribution in [2.24, 2.45) is 0 Å². The Morgan fingerprint density at radius 3 is 1.88 bits per heavy atom. The Labute approximate surface area is 153 Å². The molecule has 0 fully saturated rings. The zero-order valence-electron chi connectivity index (χ0n) is 16.3. The van der Waals surface area contributed by atoms with Gasteiger partial charge in [-0.05, 0) is 48.5 Å². The highest BCUT2D eigenvalue weighted by Crippen LogP contribution is 2.26. The Kier molecular flexibility index (Phi) is 6.35. The molecule has 8 nitrogen and oxygen atoms in total. The van der Waals surface area contributed by atoms with Crippen molar-refractivity contribution in [3.8, 4) is 0 Å². The summed E-state index contributed by atoms with van der Waals surface area (Å²) in [5.41, 5.74) is -1.18. The zero-order chi connectivity index (χ0) is 20.3. The molecule has 0 atom stereocenters. The first-order valence-electron chi connectivity index (χ1n) is 8.17. The van der Waals surface area contributed by atoms with Gasteiger partial charge in [0.15, 0.2) is 0 Å². The number of amides is 2. The molecule has 2 amide bonds. The van der Waals surface area contributed by atoms with Crippen molar-refractivity contribution in [1.82, 2.24) is 4.90 Å². The van der Waals surface area contributed by atoms with E-state index in [1.165, 1.54) is 6.07 Å². The predicted octanol–water partition coefficient (Wildman–Crippen LogP) is 4.58. The van der Waals surface area contributed by atoms with E-state index >= 15 is 0 Å². The molecule has 0 heterocycles. The number of hydrogen-bond acceptors (Lipinski definition) is 6. The Bertz CT molecular complexity index is 673. The van der Waals surface area contributed by atoms with Gasteiger partial charge < -0.3 is 9.47 Å². The summed E-state index contributed by atoms with van der Waals surface area (Å²) < 4.78 is 10.5. The second kappa shape index (κ2) is 7.72. The number of aryl methyl sites for hydroxylation is 1.